The number of aliphatic hydroxyl groups is 1. The molecule has 2 N–H and O–H groups in total. The zero-order chi connectivity index (χ0) is 57.7. The highest BCUT2D eigenvalue weighted by Gasteiger charge is 2.24. The van der Waals surface area contributed by atoms with Crippen LogP contribution in [0.2, 0.25) is 0 Å². The topological polar surface area (TPSA) is 108 Å². The molecule has 0 heterocycles. The van der Waals surface area contributed by atoms with Crippen molar-refractivity contribution in [2.75, 3.05) is 40.9 Å². The highest BCUT2D eigenvalue weighted by molar-refractivity contribution is 7.45. The Hall–Kier alpha value is -1.80. The van der Waals surface area contributed by atoms with Gasteiger partial charge in [0.05, 0.1) is 39.9 Å². The van der Waals surface area contributed by atoms with E-state index in [9.17, 15) is 19.4 Å². The number of hydrogen-bond donors (Lipinski definition) is 2. The van der Waals surface area contributed by atoms with Crippen LogP contribution in [-0.4, -0.2) is 68.5 Å². The van der Waals surface area contributed by atoms with Crippen LogP contribution < -0.4 is 10.2 Å². The van der Waals surface area contributed by atoms with Gasteiger partial charge in [0.15, 0.2) is 0 Å². The largest absolute Gasteiger partial charge is 0.756 e. The minimum atomic E-state index is -4.58. The number of carbonyl (C=O) groups excluding carboxylic acids is 1. The lowest BCUT2D eigenvalue weighted by Gasteiger charge is -2.30. The first kappa shape index (κ1) is 77.2. The second-order valence-electron chi connectivity index (χ2n) is 24.5. The molecule has 0 aromatic rings. The second kappa shape index (κ2) is 60.8. The number of nitrogens with one attached hydrogen (secondary N) is 1. The molecule has 1 amide bonds. The zero-order valence-electron chi connectivity index (χ0n) is 53.1. The van der Waals surface area contributed by atoms with Crippen LogP contribution in [-0.2, 0) is 18.4 Å². The molecule has 0 rings (SSSR count). The van der Waals surface area contributed by atoms with Crippen LogP contribution in [0.4, 0.5) is 0 Å². The van der Waals surface area contributed by atoms with E-state index in [-0.39, 0.29) is 19.1 Å². The van der Waals surface area contributed by atoms with Crippen LogP contribution in [0.25, 0.3) is 0 Å². The number of rotatable bonds is 63. The molecule has 0 aromatic heterocycles. The molecule has 0 aliphatic rings. The van der Waals surface area contributed by atoms with Gasteiger partial charge in [-0.1, -0.05) is 325 Å². The molecule has 0 spiro atoms. The van der Waals surface area contributed by atoms with Gasteiger partial charge in [0.25, 0.3) is 7.82 Å². The van der Waals surface area contributed by atoms with E-state index in [1.165, 1.54) is 231 Å². The quantitative estimate of drug-likeness (QED) is 0.0272. The monoisotopic (exact) mass is 1130 g/mol. The number of nitrogens with zero attached hydrogens (tertiary/aromatic N) is 1. The van der Waals surface area contributed by atoms with E-state index in [4.69, 9.17) is 9.05 Å². The lowest BCUT2D eigenvalue weighted by Crippen LogP contribution is -2.46. The summed E-state index contributed by atoms with van der Waals surface area (Å²) in [5.74, 6) is -0.159. The van der Waals surface area contributed by atoms with E-state index in [0.29, 0.717) is 23.9 Å². The summed E-state index contributed by atoms with van der Waals surface area (Å²) in [7, 11) is 1.32. The number of unbranched alkanes of at least 4 members (excludes halogenated alkanes) is 40. The SMILES string of the molecule is CC/C=C\C/C=C\C/C=C\C/C=C\C/C=C\CCCCCCCCCCCCCCCCCCCCCC(=O)NC(COP(=O)([O-])OCC[N+](C)(C)C)C(O)CCCCCCCCCCCCCCCCCCCCCCCC. The molecule has 0 aliphatic carbocycles. The predicted octanol–water partition coefficient (Wildman–Crippen LogP) is 21.0. The van der Waals surface area contributed by atoms with Gasteiger partial charge < -0.3 is 28.8 Å². The summed E-state index contributed by atoms with van der Waals surface area (Å²) in [6, 6.07) is -0.802. The number of allylic oxidation sites excluding steroid dienone is 10. The minimum absolute atomic E-state index is 0.0130. The molecule has 464 valence electrons. The molecule has 3 atom stereocenters. The molecule has 0 aliphatic heterocycles. The standard InChI is InChI=1S/C70H133N2O6P/c1-6-8-10-12-14-16-18-20-22-24-26-28-30-31-32-33-34-35-36-37-38-39-40-41-42-44-46-48-50-52-54-56-58-60-62-64-70(74)71-68(67-78-79(75,76)77-66-65-72(3,4)5)69(73)63-61-59-57-55-53-51-49-47-45-43-29-27-25-23-21-19-17-15-13-11-9-7-2/h8,10,14,16,20,22,26,28,31-32,68-69,73H,6-7,9,11-13,15,17-19,21,23-25,27,29-30,33-67H2,1-5H3,(H-,71,74,75,76)/b10-8-,16-14-,22-20-,28-26-,32-31-. The number of carbonyl (C=O) groups is 1. The van der Waals surface area contributed by atoms with Gasteiger partial charge in [-0.25, -0.2) is 0 Å². The molecule has 8 nitrogen and oxygen atoms in total. The normalized spacial score (nSPS) is 14.1. The highest BCUT2D eigenvalue weighted by atomic mass is 31.2. The van der Waals surface area contributed by atoms with E-state index >= 15 is 0 Å². The summed E-state index contributed by atoms with van der Waals surface area (Å²) in [6.07, 6.45) is 82.9. The summed E-state index contributed by atoms with van der Waals surface area (Å²) in [5, 5.41) is 14.1. The van der Waals surface area contributed by atoms with Gasteiger partial charge in [-0.2, -0.15) is 0 Å². The van der Waals surface area contributed by atoms with Crippen LogP contribution >= 0.6 is 7.82 Å². The number of likely N-dealkylation sites (N-methyl/N-ethyl adjacent to an activating group) is 1. The molecular formula is C70H133N2O6P. The Balaban J connectivity index is 4.00. The fourth-order valence-corrected chi connectivity index (χ4v) is 11.0. The first-order chi connectivity index (χ1) is 38.5. The van der Waals surface area contributed by atoms with Gasteiger partial charge in [0, 0.05) is 6.42 Å². The third kappa shape index (κ3) is 63.6. The molecule has 0 aromatic carbocycles. The molecule has 0 saturated heterocycles. The minimum Gasteiger partial charge on any atom is -0.756 e. The Morgan fingerprint density at radius 3 is 1.13 bits per heavy atom. The Morgan fingerprint density at radius 2 is 0.772 bits per heavy atom. The third-order valence-electron chi connectivity index (χ3n) is 15.5. The zero-order valence-corrected chi connectivity index (χ0v) is 54.0. The van der Waals surface area contributed by atoms with Crippen molar-refractivity contribution in [2.45, 2.75) is 341 Å². The molecule has 3 unspecified atom stereocenters. The summed E-state index contributed by atoms with van der Waals surface area (Å²) in [4.78, 5) is 25.6. The highest BCUT2D eigenvalue weighted by Crippen LogP contribution is 2.38. The van der Waals surface area contributed by atoms with E-state index < -0.39 is 20.0 Å². The maximum atomic E-state index is 13.0. The van der Waals surface area contributed by atoms with Crippen LogP contribution in [0, 0.1) is 0 Å². The summed E-state index contributed by atoms with van der Waals surface area (Å²) < 4.78 is 23.5. The van der Waals surface area contributed by atoms with Gasteiger partial charge in [-0.3, -0.25) is 9.36 Å². The van der Waals surface area contributed by atoms with E-state index in [0.717, 1.165) is 70.6 Å². The fourth-order valence-electron chi connectivity index (χ4n) is 10.2. The number of amides is 1. The second-order valence-corrected chi connectivity index (χ2v) is 25.9. The Labute approximate surface area is 492 Å². The first-order valence-corrected chi connectivity index (χ1v) is 35.6. The van der Waals surface area contributed by atoms with E-state index in [2.05, 4.69) is 79.9 Å². The van der Waals surface area contributed by atoms with Crippen molar-refractivity contribution < 1.29 is 32.9 Å². The smallest absolute Gasteiger partial charge is 0.268 e. The van der Waals surface area contributed by atoms with Crippen LogP contribution in [0.15, 0.2) is 60.8 Å². The Morgan fingerprint density at radius 1 is 0.456 bits per heavy atom. The van der Waals surface area contributed by atoms with Crippen molar-refractivity contribution in [1.29, 1.82) is 0 Å². The lowest BCUT2D eigenvalue weighted by molar-refractivity contribution is -0.870. The van der Waals surface area contributed by atoms with Gasteiger partial charge in [-0.05, 0) is 57.8 Å². The Bertz CT molecular complexity index is 1470. The van der Waals surface area contributed by atoms with Crippen molar-refractivity contribution in [3.05, 3.63) is 60.8 Å². The van der Waals surface area contributed by atoms with E-state index in [1.54, 1.807) is 0 Å². The molecule has 0 bridgehead atoms. The van der Waals surface area contributed by atoms with Gasteiger partial charge in [0.1, 0.15) is 13.2 Å². The number of phosphoric acid groups is 1. The summed E-state index contributed by atoms with van der Waals surface area (Å²) in [6.45, 7) is 4.65. The molecule has 9 heteroatoms. The maximum absolute atomic E-state index is 13.0. The van der Waals surface area contributed by atoms with Crippen LogP contribution in [0.5, 0.6) is 0 Å². The van der Waals surface area contributed by atoms with Crippen molar-refractivity contribution in [1.82, 2.24) is 5.32 Å². The molecule has 79 heavy (non-hydrogen) atoms. The van der Waals surface area contributed by atoms with Gasteiger partial charge in [0.2, 0.25) is 5.91 Å². The molecule has 0 saturated carbocycles. The molecule has 0 radical (unpaired) electrons. The fraction of sp³-hybridized carbons (Fsp3) is 0.843. The summed E-state index contributed by atoms with van der Waals surface area (Å²) >= 11 is 0. The predicted molar refractivity (Wildman–Crippen MR) is 344 cm³/mol. The average molecular weight is 1130 g/mol. The number of aliphatic hydroxyl groups excluding tert-OH is 1. The van der Waals surface area contributed by atoms with E-state index in [1.807, 2.05) is 21.1 Å². The molecular weight excluding hydrogens is 996 g/mol. The number of quaternary nitrogens is 1. The number of phosphoric ester groups is 1. The van der Waals surface area contributed by atoms with Crippen molar-refractivity contribution in [3.8, 4) is 0 Å². The third-order valence-corrected chi connectivity index (χ3v) is 16.5. The van der Waals surface area contributed by atoms with Crippen molar-refractivity contribution >= 4 is 13.7 Å². The van der Waals surface area contributed by atoms with Gasteiger partial charge in [-0.15, -0.1) is 0 Å². The molecule has 0 fully saturated rings. The lowest BCUT2D eigenvalue weighted by atomic mass is 10.0. The average Bonchev–Trinajstić information content (AvgIpc) is 3.42. The van der Waals surface area contributed by atoms with Crippen LogP contribution in [0.1, 0.15) is 328 Å². The van der Waals surface area contributed by atoms with Gasteiger partial charge >= 0.3 is 0 Å². The van der Waals surface area contributed by atoms with Crippen molar-refractivity contribution in [2.24, 2.45) is 0 Å². The van der Waals surface area contributed by atoms with Crippen molar-refractivity contribution in [3.63, 3.8) is 0 Å². The van der Waals surface area contributed by atoms with Crippen LogP contribution in [0.3, 0.4) is 0 Å². The maximum Gasteiger partial charge on any atom is 0.268 e. The summed E-state index contributed by atoms with van der Waals surface area (Å²) in [5.41, 5.74) is 0. The number of hydrogen-bond acceptors (Lipinski definition) is 6. The Kier molecular flexibility index (Phi) is 59.4. The first-order valence-electron chi connectivity index (χ1n) is 34.1.